The molecule has 0 unspecified atom stereocenters. The van der Waals surface area contributed by atoms with Gasteiger partial charge in [-0.25, -0.2) is 13.8 Å². The van der Waals surface area contributed by atoms with E-state index in [0.717, 1.165) is 22.2 Å². The van der Waals surface area contributed by atoms with E-state index in [2.05, 4.69) is 10.5 Å². The van der Waals surface area contributed by atoms with E-state index in [9.17, 15) is 23.3 Å². The highest BCUT2D eigenvalue weighted by Gasteiger charge is 2.22. The molecule has 0 spiro atoms. The average Bonchev–Trinajstić information content (AvgIpc) is 2.64. The van der Waals surface area contributed by atoms with Gasteiger partial charge in [-0.3, -0.25) is 19.2 Å². The Morgan fingerprint density at radius 1 is 1.19 bits per heavy atom. The van der Waals surface area contributed by atoms with Gasteiger partial charge in [0, 0.05) is 12.1 Å². The van der Waals surface area contributed by atoms with Crippen LogP contribution in [-0.2, 0) is 14.8 Å². The van der Waals surface area contributed by atoms with Crippen LogP contribution < -0.4 is 9.73 Å². The third-order valence-electron chi connectivity index (χ3n) is 3.56. The van der Waals surface area contributed by atoms with Crippen molar-refractivity contribution in [1.29, 1.82) is 0 Å². The van der Waals surface area contributed by atoms with Crippen molar-refractivity contribution in [1.82, 2.24) is 5.43 Å². The van der Waals surface area contributed by atoms with Crippen molar-refractivity contribution in [2.45, 2.75) is 6.92 Å². The summed E-state index contributed by atoms with van der Waals surface area (Å²) in [6, 6.07) is 14.2. The number of benzene rings is 2. The summed E-state index contributed by atoms with van der Waals surface area (Å²) in [7, 11) is -3.84. The van der Waals surface area contributed by atoms with Crippen molar-refractivity contribution in [3.8, 4) is 0 Å². The minimum absolute atomic E-state index is 0.0191. The molecule has 1 N–H and O–H groups in total. The molecule has 0 bridgehead atoms. The van der Waals surface area contributed by atoms with Crippen LogP contribution >= 0.6 is 0 Å². The van der Waals surface area contributed by atoms with Crippen LogP contribution in [0.25, 0.3) is 0 Å². The van der Waals surface area contributed by atoms with Crippen molar-refractivity contribution >= 4 is 33.0 Å². The van der Waals surface area contributed by atoms with E-state index in [1.54, 1.807) is 6.92 Å². The van der Waals surface area contributed by atoms with Gasteiger partial charge < -0.3 is 0 Å². The van der Waals surface area contributed by atoms with Crippen LogP contribution in [0.5, 0.6) is 0 Å². The minimum atomic E-state index is -3.84. The normalized spacial score (nSPS) is 11.7. The molecule has 0 fully saturated rings. The number of nitro groups is 1. The first-order chi connectivity index (χ1) is 12.7. The van der Waals surface area contributed by atoms with Crippen molar-refractivity contribution in [3.05, 3.63) is 70.3 Å². The Morgan fingerprint density at radius 3 is 2.44 bits per heavy atom. The van der Waals surface area contributed by atoms with E-state index in [4.69, 9.17) is 0 Å². The molecule has 0 aliphatic rings. The number of amides is 1. The van der Waals surface area contributed by atoms with Crippen molar-refractivity contribution in [3.63, 3.8) is 0 Å². The van der Waals surface area contributed by atoms with Crippen LogP contribution in [0.15, 0.2) is 59.7 Å². The molecule has 2 aromatic carbocycles. The van der Waals surface area contributed by atoms with E-state index in [0.29, 0.717) is 5.71 Å². The van der Waals surface area contributed by atoms with E-state index >= 15 is 0 Å². The Kier molecular flexibility index (Phi) is 6.24. The molecule has 1 amide bonds. The number of anilines is 1. The first kappa shape index (κ1) is 20.0. The largest absolute Gasteiger partial charge is 0.271 e. The van der Waals surface area contributed by atoms with Crippen LogP contribution in [0, 0.1) is 10.1 Å². The van der Waals surface area contributed by atoms with Gasteiger partial charge in [-0.2, -0.15) is 5.10 Å². The Hall–Kier alpha value is -3.27. The number of hydrogen-bond acceptors (Lipinski definition) is 6. The molecule has 0 atom stereocenters. The maximum absolute atomic E-state index is 12.2. The fraction of sp³-hybridized carbons (Fsp3) is 0.176. The number of nitrogens with zero attached hydrogens (tertiary/aromatic N) is 3. The highest BCUT2D eigenvalue weighted by Crippen LogP contribution is 2.22. The van der Waals surface area contributed by atoms with Gasteiger partial charge in [0.1, 0.15) is 6.54 Å². The summed E-state index contributed by atoms with van der Waals surface area (Å²) in [5, 5.41) is 14.9. The molecule has 0 aliphatic carbocycles. The molecule has 0 saturated carbocycles. The third-order valence-corrected chi connectivity index (χ3v) is 4.70. The number of carbonyl (C=O) groups excluding carboxylic acids is 1. The zero-order chi connectivity index (χ0) is 20.0. The lowest BCUT2D eigenvalue weighted by molar-refractivity contribution is -0.384. The molecule has 142 valence electrons. The topological polar surface area (TPSA) is 122 Å². The minimum Gasteiger partial charge on any atom is -0.271 e. The lowest BCUT2D eigenvalue weighted by Gasteiger charge is -2.21. The average molecular weight is 390 g/mol. The van der Waals surface area contributed by atoms with Gasteiger partial charge in [0.05, 0.1) is 22.6 Å². The van der Waals surface area contributed by atoms with E-state index in [1.165, 1.54) is 18.2 Å². The first-order valence-electron chi connectivity index (χ1n) is 7.79. The molecular weight excluding hydrogens is 372 g/mol. The SMILES string of the molecule is C/C(=N/NC(=O)CN(c1cccc([N+](=O)[O-])c1)S(C)(=O)=O)c1ccccc1. The number of non-ortho nitro benzene ring substituents is 1. The zero-order valence-corrected chi connectivity index (χ0v) is 15.5. The van der Waals surface area contributed by atoms with Crippen molar-refractivity contribution in [2.24, 2.45) is 5.10 Å². The van der Waals surface area contributed by atoms with Gasteiger partial charge in [-0.05, 0) is 18.6 Å². The highest BCUT2D eigenvalue weighted by molar-refractivity contribution is 7.92. The van der Waals surface area contributed by atoms with Crippen LogP contribution in [0.4, 0.5) is 11.4 Å². The van der Waals surface area contributed by atoms with Gasteiger partial charge in [0.2, 0.25) is 10.0 Å². The number of nitro benzene ring substituents is 1. The number of hydrazone groups is 1. The van der Waals surface area contributed by atoms with E-state index < -0.39 is 27.4 Å². The molecule has 0 aromatic heterocycles. The summed E-state index contributed by atoms with van der Waals surface area (Å²) < 4.78 is 24.9. The maximum Gasteiger partial charge on any atom is 0.271 e. The van der Waals surface area contributed by atoms with Gasteiger partial charge in [0.25, 0.3) is 11.6 Å². The number of hydrogen-bond donors (Lipinski definition) is 1. The van der Waals surface area contributed by atoms with E-state index in [1.807, 2.05) is 30.3 Å². The van der Waals surface area contributed by atoms with Gasteiger partial charge in [-0.15, -0.1) is 0 Å². The highest BCUT2D eigenvalue weighted by atomic mass is 32.2. The van der Waals surface area contributed by atoms with Crippen LogP contribution in [-0.4, -0.2) is 37.8 Å². The van der Waals surface area contributed by atoms with Gasteiger partial charge >= 0.3 is 0 Å². The van der Waals surface area contributed by atoms with Gasteiger partial charge in [0.15, 0.2) is 0 Å². The maximum atomic E-state index is 12.2. The molecule has 9 nitrogen and oxygen atoms in total. The number of sulfonamides is 1. The molecule has 0 heterocycles. The summed E-state index contributed by atoms with van der Waals surface area (Å²) in [5.74, 6) is -0.679. The smallest absolute Gasteiger partial charge is 0.271 e. The second-order valence-electron chi connectivity index (χ2n) is 5.64. The predicted molar refractivity (Wildman–Crippen MR) is 102 cm³/mol. The molecule has 0 aliphatic heterocycles. The summed E-state index contributed by atoms with van der Waals surface area (Å²) in [5.41, 5.74) is 3.39. The Bertz CT molecular complexity index is 974. The zero-order valence-electron chi connectivity index (χ0n) is 14.7. The van der Waals surface area contributed by atoms with Crippen molar-refractivity contribution < 1.29 is 18.1 Å². The Labute approximate surface area is 156 Å². The monoisotopic (exact) mass is 390 g/mol. The summed E-state index contributed by atoms with van der Waals surface area (Å²) >= 11 is 0. The standard InChI is InChI=1S/C17H18N4O5S/c1-13(14-7-4-3-5-8-14)18-19-17(22)12-20(27(2,25)26)15-9-6-10-16(11-15)21(23)24/h3-11H,12H2,1-2H3,(H,19,22)/b18-13-. The third kappa shape index (κ3) is 5.61. The molecular formula is C17H18N4O5S. The number of carbonyl (C=O) groups is 1. The lowest BCUT2D eigenvalue weighted by atomic mass is 10.1. The first-order valence-corrected chi connectivity index (χ1v) is 9.64. The second-order valence-corrected chi connectivity index (χ2v) is 7.55. The molecule has 27 heavy (non-hydrogen) atoms. The Balaban J connectivity index is 2.18. The summed E-state index contributed by atoms with van der Waals surface area (Å²) in [6.07, 6.45) is 0.914. The molecule has 2 aromatic rings. The number of nitrogens with one attached hydrogen (secondary N) is 1. The van der Waals surface area contributed by atoms with Crippen molar-refractivity contribution in [2.75, 3.05) is 17.1 Å². The summed E-state index contributed by atoms with van der Waals surface area (Å²) in [4.78, 5) is 22.4. The fourth-order valence-corrected chi connectivity index (χ4v) is 3.07. The van der Waals surface area contributed by atoms with Gasteiger partial charge in [-0.1, -0.05) is 36.4 Å². The van der Waals surface area contributed by atoms with Crippen LogP contribution in [0.3, 0.4) is 0 Å². The second kappa shape index (κ2) is 8.41. The lowest BCUT2D eigenvalue weighted by Crippen LogP contribution is -2.39. The molecule has 0 saturated heterocycles. The van der Waals surface area contributed by atoms with Crippen LogP contribution in [0.2, 0.25) is 0 Å². The predicted octanol–water partition coefficient (Wildman–Crippen LogP) is 1.90. The molecule has 10 heteroatoms. The Morgan fingerprint density at radius 2 is 1.85 bits per heavy atom. The molecule has 2 rings (SSSR count). The van der Waals surface area contributed by atoms with Crippen LogP contribution in [0.1, 0.15) is 12.5 Å². The quantitative estimate of drug-likeness (QED) is 0.439. The fourth-order valence-electron chi connectivity index (χ4n) is 2.22. The summed E-state index contributed by atoms with van der Waals surface area (Å²) in [6.45, 7) is 1.13. The number of rotatable bonds is 7. The molecule has 0 radical (unpaired) electrons. The van der Waals surface area contributed by atoms with E-state index in [-0.39, 0.29) is 11.4 Å².